The molecule has 11 heteroatoms. The molecule has 0 radical (unpaired) electrons. The van der Waals surface area contributed by atoms with Crippen molar-refractivity contribution >= 4 is 17.2 Å². The molecule has 4 aromatic rings. The van der Waals surface area contributed by atoms with Crippen molar-refractivity contribution in [2.75, 3.05) is 34.4 Å². The van der Waals surface area contributed by atoms with E-state index in [2.05, 4.69) is 20.4 Å². The van der Waals surface area contributed by atoms with E-state index in [0.717, 1.165) is 24.0 Å². The number of hydrogen-bond acceptors (Lipinski definition) is 9. The number of thiophene rings is 1. The van der Waals surface area contributed by atoms with E-state index in [0.29, 0.717) is 53.5 Å². The first kappa shape index (κ1) is 22.9. The number of rotatable bonds is 7. The number of ether oxygens (including phenoxy) is 3. The van der Waals surface area contributed by atoms with E-state index in [-0.39, 0.29) is 11.8 Å². The van der Waals surface area contributed by atoms with Gasteiger partial charge in [0.25, 0.3) is 5.91 Å². The van der Waals surface area contributed by atoms with E-state index in [1.54, 1.807) is 55.8 Å². The summed E-state index contributed by atoms with van der Waals surface area (Å²) in [4.78, 5) is 15.1. The highest BCUT2D eigenvalue weighted by Crippen LogP contribution is 2.41. The van der Waals surface area contributed by atoms with E-state index in [1.807, 2.05) is 16.8 Å². The number of likely N-dealkylation sites (tertiary alicyclic amines) is 1. The van der Waals surface area contributed by atoms with Gasteiger partial charge in [-0.15, -0.1) is 10.2 Å². The Morgan fingerprint density at radius 2 is 1.91 bits per heavy atom. The van der Waals surface area contributed by atoms with Gasteiger partial charge in [0.2, 0.25) is 17.5 Å². The molecule has 1 fully saturated rings. The Kier molecular flexibility index (Phi) is 6.41. The van der Waals surface area contributed by atoms with Crippen LogP contribution in [0.1, 0.15) is 35.1 Å². The number of H-pyrrole nitrogens is 1. The third kappa shape index (κ3) is 4.46. The lowest BCUT2D eigenvalue weighted by molar-refractivity contribution is 0.0692. The Hall–Kier alpha value is -3.86. The zero-order valence-electron chi connectivity index (χ0n) is 19.6. The van der Waals surface area contributed by atoms with E-state index < -0.39 is 0 Å². The van der Waals surface area contributed by atoms with Gasteiger partial charge in [0.05, 0.1) is 32.9 Å². The summed E-state index contributed by atoms with van der Waals surface area (Å²) >= 11 is 1.58. The standard InChI is InChI=1S/C24H25N5O5S/c1-31-19-9-16(10-20(32-2)21(19)33-3)17-11-18(26-25-17)24(30)29-7-4-5-14(12-29)22-27-28-23(34-22)15-6-8-35-13-15/h6,8-11,13-14H,4-5,7,12H2,1-3H3,(H,25,26). The third-order valence-corrected chi connectivity index (χ3v) is 6.72. The number of carbonyl (C=O) groups is 1. The molecular weight excluding hydrogens is 470 g/mol. The fourth-order valence-corrected chi connectivity index (χ4v) is 4.87. The van der Waals surface area contributed by atoms with Crippen molar-refractivity contribution in [1.82, 2.24) is 25.3 Å². The van der Waals surface area contributed by atoms with Gasteiger partial charge in [-0.3, -0.25) is 9.89 Å². The first-order valence-electron chi connectivity index (χ1n) is 11.1. The summed E-state index contributed by atoms with van der Waals surface area (Å²) in [6, 6.07) is 7.27. The number of piperidine rings is 1. The lowest BCUT2D eigenvalue weighted by atomic mass is 9.97. The van der Waals surface area contributed by atoms with Gasteiger partial charge in [-0.25, -0.2) is 0 Å². The summed E-state index contributed by atoms with van der Waals surface area (Å²) in [5, 5.41) is 19.6. The lowest BCUT2D eigenvalue weighted by Gasteiger charge is -2.30. The van der Waals surface area contributed by atoms with Crippen LogP contribution in [0.2, 0.25) is 0 Å². The molecular formula is C24H25N5O5S. The molecule has 35 heavy (non-hydrogen) atoms. The maximum Gasteiger partial charge on any atom is 0.271 e. The van der Waals surface area contributed by atoms with Gasteiger partial charge in [-0.2, -0.15) is 16.4 Å². The van der Waals surface area contributed by atoms with Gasteiger partial charge in [0, 0.05) is 29.6 Å². The van der Waals surface area contributed by atoms with Gasteiger partial charge in [0.1, 0.15) is 5.69 Å². The molecule has 0 aliphatic carbocycles. The number of aromatic amines is 1. The van der Waals surface area contributed by atoms with Crippen LogP contribution in [0, 0.1) is 0 Å². The molecule has 0 spiro atoms. The molecule has 1 amide bonds. The summed E-state index contributed by atoms with van der Waals surface area (Å²) in [6.45, 7) is 1.15. The molecule has 1 aromatic carbocycles. The second-order valence-corrected chi connectivity index (χ2v) is 8.91. The van der Waals surface area contributed by atoms with Crippen LogP contribution in [0.4, 0.5) is 0 Å². The normalized spacial score (nSPS) is 15.7. The Morgan fingerprint density at radius 1 is 1.11 bits per heavy atom. The molecule has 10 nitrogen and oxygen atoms in total. The number of benzene rings is 1. The van der Waals surface area contributed by atoms with Crippen molar-refractivity contribution < 1.29 is 23.4 Å². The number of hydrogen-bond donors (Lipinski definition) is 1. The average Bonchev–Trinajstić information content (AvgIpc) is 3.69. The quantitative estimate of drug-likeness (QED) is 0.405. The largest absolute Gasteiger partial charge is 0.493 e. The molecule has 0 bridgehead atoms. The van der Waals surface area contributed by atoms with Gasteiger partial charge in [-0.05, 0) is 42.5 Å². The summed E-state index contributed by atoms with van der Waals surface area (Å²) in [5.41, 5.74) is 2.64. The van der Waals surface area contributed by atoms with Crippen LogP contribution in [0.3, 0.4) is 0 Å². The van der Waals surface area contributed by atoms with Crippen molar-refractivity contribution in [1.29, 1.82) is 0 Å². The topological polar surface area (TPSA) is 116 Å². The minimum absolute atomic E-state index is 0.00918. The average molecular weight is 496 g/mol. The molecule has 4 heterocycles. The molecule has 1 atom stereocenters. The van der Waals surface area contributed by atoms with E-state index >= 15 is 0 Å². The van der Waals surface area contributed by atoms with E-state index in [1.165, 1.54) is 0 Å². The maximum absolute atomic E-state index is 13.3. The van der Waals surface area contributed by atoms with Gasteiger partial charge < -0.3 is 23.5 Å². The highest BCUT2D eigenvalue weighted by molar-refractivity contribution is 7.08. The van der Waals surface area contributed by atoms with Crippen LogP contribution in [-0.4, -0.2) is 65.6 Å². The molecule has 0 saturated carbocycles. The minimum atomic E-state index is -0.126. The Balaban J connectivity index is 1.33. The summed E-state index contributed by atoms with van der Waals surface area (Å²) in [6.07, 6.45) is 1.73. The minimum Gasteiger partial charge on any atom is -0.493 e. The molecule has 1 aliphatic rings. The van der Waals surface area contributed by atoms with Crippen LogP contribution < -0.4 is 14.2 Å². The first-order chi connectivity index (χ1) is 17.1. The molecule has 3 aromatic heterocycles. The lowest BCUT2D eigenvalue weighted by Crippen LogP contribution is -2.39. The second-order valence-electron chi connectivity index (χ2n) is 8.13. The van der Waals surface area contributed by atoms with Crippen LogP contribution in [-0.2, 0) is 0 Å². The number of nitrogens with one attached hydrogen (secondary N) is 1. The monoisotopic (exact) mass is 495 g/mol. The highest BCUT2D eigenvalue weighted by Gasteiger charge is 2.30. The Bertz CT molecular complexity index is 1290. The molecule has 1 unspecified atom stereocenters. The van der Waals surface area contributed by atoms with Crippen LogP contribution >= 0.6 is 11.3 Å². The van der Waals surface area contributed by atoms with E-state index in [4.69, 9.17) is 18.6 Å². The van der Waals surface area contributed by atoms with Crippen LogP contribution in [0.25, 0.3) is 22.7 Å². The smallest absolute Gasteiger partial charge is 0.271 e. The predicted octanol–water partition coefficient (Wildman–Crippen LogP) is 4.23. The van der Waals surface area contributed by atoms with Crippen LogP contribution in [0.15, 0.2) is 39.4 Å². The molecule has 1 N–H and O–H groups in total. The second kappa shape index (κ2) is 9.79. The Morgan fingerprint density at radius 3 is 2.60 bits per heavy atom. The first-order valence-corrected chi connectivity index (χ1v) is 12.1. The molecule has 1 aliphatic heterocycles. The van der Waals surface area contributed by atoms with E-state index in [9.17, 15) is 4.79 Å². The molecule has 1 saturated heterocycles. The van der Waals surface area contributed by atoms with Crippen molar-refractivity contribution in [2.45, 2.75) is 18.8 Å². The van der Waals surface area contributed by atoms with Crippen molar-refractivity contribution in [3.8, 4) is 40.0 Å². The molecule has 182 valence electrons. The number of carbonyl (C=O) groups excluding carboxylic acids is 1. The van der Waals surface area contributed by atoms with Gasteiger partial charge in [0.15, 0.2) is 11.5 Å². The SMILES string of the molecule is COc1cc(-c2cc(C(=O)N3CCCC(c4nnc(-c5ccsc5)o4)C3)[nH]n2)cc(OC)c1OC. The van der Waals surface area contributed by atoms with Crippen molar-refractivity contribution in [2.24, 2.45) is 0 Å². The van der Waals surface area contributed by atoms with Crippen LogP contribution in [0.5, 0.6) is 17.2 Å². The summed E-state index contributed by atoms with van der Waals surface area (Å²) in [7, 11) is 4.66. The number of nitrogens with zero attached hydrogens (tertiary/aromatic N) is 4. The van der Waals surface area contributed by atoms with Gasteiger partial charge >= 0.3 is 0 Å². The third-order valence-electron chi connectivity index (χ3n) is 6.04. The predicted molar refractivity (Wildman–Crippen MR) is 129 cm³/mol. The zero-order valence-corrected chi connectivity index (χ0v) is 20.4. The maximum atomic E-state index is 13.3. The molecule has 5 rings (SSSR count). The highest BCUT2D eigenvalue weighted by atomic mass is 32.1. The summed E-state index contributed by atoms with van der Waals surface area (Å²) < 4.78 is 22.2. The fourth-order valence-electron chi connectivity index (χ4n) is 4.24. The van der Waals surface area contributed by atoms with Crippen molar-refractivity contribution in [3.05, 3.63) is 46.6 Å². The van der Waals surface area contributed by atoms with Gasteiger partial charge in [-0.1, -0.05) is 0 Å². The number of aromatic nitrogens is 4. The number of amides is 1. The zero-order chi connectivity index (χ0) is 24.4. The summed E-state index contributed by atoms with van der Waals surface area (Å²) in [5.74, 6) is 2.45. The van der Waals surface area contributed by atoms with Crippen molar-refractivity contribution in [3.63, 3.8) is 0 Å². The number of methoxy groups -OCH3 is 3. The Labute approximate surface area is 205 Å². The fraction of sp³-hybridized carbons (Fsp3) is 0.333.